The van der Waals surface area contributed by atoms with Gasteiger partial charge in [-0.25, -0.2) is 0 Å². The van der Waals surface area contributed by atoms with Crippen LogP contribution in [0.1, 0.15) is 78.5 Å². The van der Waals surface area contributed by atoms with Gasteiger partial charge < -0.3 is 18.6 Å². The van der Waals surface area contributed by atoms with E-state index in [4.69, 9.17) is 8.85 Å². The van der Waals surface area contributed by atoms with Crippen LogP contribution in [0.15, 0.2) is 12.1 Å². The molecule has 0 heterocycles. The Bertz CT molecular complexity index is 874. The summed E-state index contributed by atoms with van der Waals surface area (Å²) in [5.41, 5.74) is 2.15. The van der Waals surface area contributed by atoms with Crippen molar-refractivity contribution in [3.63, 3.8) is 0 Å². The van der Waals surface area contributed by atoms with Crippen LogP contribution in [-0.4, -0.2) is 33.0 Å². The molecule has 0 radical (unpaired) electrons. The minimum atomic E-state index is -4.25. The first kappa shape index (κ1) is 30.6. The van der Waals surface area contributed by atoms with Crippen LogP contribution in [-0.2, 0) is 20.6 Å². The molecule has 0 unspecified atom stereocenters. The Balaban J connectivity index is 3.51. The highest BCUT2D eigenvalue weighted by Crippen LogP contribution is 2.48. The highest BCUT2D eigenvalue weighted by Gasteiger charge is 2.41. The van der Waals surface area contributed by atoms with Crippen molar-refractivity contribution in [2.75, 3.05) is 6.61 Å². The summed E-state index contributed by atoms with van der Waals surface area (Å²) in [4.78, 5) is 19.7. The Morgan fingerprint density at radius 1 is 0.879 bits per heavy atom. The van der Waals surface area contributed by atoms with Gasteiger partial charge in [0, 0.05) is 12.2 Å². The van der Waals surface area contributed by atoms with Crippen molar-refractivity contribution in [1.29, 1.82) is 0 Å². The van der Waals surface area contributed by atoms with Gasteiger partial charge in [0.1, 0.15) is 5.75 Å². The van der Waals surface area contributed by atoms with Gasteiger partial charge >= 0.3 is 7.60 Å². The Morgan fingerprint density at radius 3 is 1.79 bits per heavy atom. The normalized spacial score (nSPS) is 14.5. The van der Waals surface area contributed by atoms with E-state index in [0.29, 0.717) is 12.2 Å². The molecule has 0 saturated carbocycles. The molecule has 1 aromatic rings. The Hall–Kier alpha value is -0.436. The van der Waals surface area contributed by atoms with E-state index in [1.807, 2.05) is 19.1 Å². The molecule has 0 aliphatic carbocycles. The van der Waals surface area contributed by atoms with Crippen molar-refractivity contribution in [1.82, 2.24) is 0 Å². The predicted molar refractivity (Wildman–Crippen MR) is 146 cm³/mol. The Morgan fingerprint density at radius 2 is 1.36 bits per heavy atom. The first-order chi connectivity index (χ1) is 14.4. The van der Waals surface area contributed by atoms with Crippen molar-refractivity contribution >= 4 is 24.2 Å². The molecule has 0 saturated heterocycles. The molecule has 0 aliphatic heterocycles. The maximum atomic E-state index is 12.0. The summed E-state index contributed by atoms with van der Waals surface area (Å²) >= 11 is 0. The fraction of sp³-hybridized carbons (Fsp3) is 0.760. The number of benzene rings is 1. The van der Waals surface area contributed by atoms with E-state index in [-0.39, 0.29) is 21.7 Å². The molecule has 8 heteroatoms. The molecule has 0 atom stereocenters. The molecule has 2 N–H and O–H groups in total. The zero-order valence-corrected chi connectivity index (χ0v) is 26.2. The maximum absolute atomic E-state index is 12.0. The van der Waals surface area contributed by atoms with E-state index >= 15 is 0 Å². The summed E-state index contributed by atoms with van der Waals surface area (Å²) in [6, 6.07) is 3.94. The molecule has 0 spiro atoms. The monoisotopic (exact) mass is 516 g/mol. The van der Waals surface area contributed by atoms with Crippen LogP contribution in [0.4, 0.5) is 0 Å². The second-order valence-corrected chi connectivity index (χ2v) is 24.4. The summed E-state index contributed by atoms with van der Waals surface area (Å²) < 4.78 is 25.3. The van der Waals surface area contributed by atoms with Crippen LogP contribution < -0.4 is 4.43 Å². The van der Waals surface area contributed by atoms with Crippen molar-refractivity contribution < 1.29 is 23.2 Å². The molecular weight excluding hydrogens is 467 g/mol. The average Bonchev–Trinajstić information content (AvgIpc) is 2.48. The third-order valence-electron chi connectivity index (χ3n) is 7.55. The first-order valence-corrected chi connectivity index (χ1v) is 19.5. The van der Waals surface area contributed by atoms with E-state index < -0.39 is 24.2 Å². The Labute approximate surface area is 205 Å². The highest BCUT2D eigenvalue weighted by molar-refractivity contribution is 7.50. The minimum absolute atomic E-state index is 0.00696. The standard InChI is InChI=1S/C25H49O5PSi2/c1-19-16-20(18-31(26,27)28)22(21(17-19)30-33(12,13)24(5,6)7)25(8,9)14-15-29-32(10,11)23(2,3)4/h16-17H,14-15,18H2,1-13H3,(H2,26,27,28). The second-order valence-electron chi connectivity index (χ2n) is 13.2. The van der Waals surface area contributed by atoms with E-state index in [0.717, 1.165) is 23.3 Å². The lowest BCUT2D eigenvalue weighted by Gasteiger charge is -2.40. The highest BCUT2D eigenvalue weighted by atomic mass is 31.2. The molecular formula is C25H49O5PSi2. The molecule has 1 rings (SSSR count). The predicted octanol–water partition coefficient (Wildman–Crippen LogP) is 7.75. The van der Waals surface area contributed by atoms with Gasteiger partial charge in [-0.05, 0) is 72.2 Å². The molecule has 0 aromatic heterocycles. The van der Waals surface area contributed by atoms with E-state index in [1.54, 1.807) is 0 Å². The van der Waals surface area contributed by atoms with Crippen LogP contribution >= 0.6 is 7.60 Å². The van der Waals surface area contributed by atoms with Gasteiger partial charge in [-0.2, -0.15) is 0 Å². The van der Waals surface area contributed by atoms with Crippen LogP contribution in [0.5, 0.6) is 5.75 Å². The fourth-order valence-corrected chi connectivity index (χ4v) is 6.11. The summed E-state index contributed by atoms with van der Waals surface area (Å²) in [6.07, 6.45) is 0.453. The Kier molecular flexibility index (Phi) is 9.18. The van der Waals surface area contributed by atoms with Crippen LogP contribution in [0.2, 0.25) is 36.3 Å². The smallest absolute Gasteiger partial charge is 0.329 e. The number of rotatable bonds is 9. The van der Waals surface area contributed by atoms with Gasteiger partial charge in [0.2, 0.25) is 8.32 Å². The van der Waals surface area contributed by atoms with Gasteiger partial charge in [0.05, 0.1) is 6.16 Å². The van der Waals surface area contributed by atoms with Gasteiger partial charge in [0.25, 0.3) is 0 Å². The van der Waals surface area contributed by atoms with E-state index in [1.165, 1.54) is 0 Å². The lowest BCUT2D eigenvalue weighted by Crippen LogP contribution is -2.44. The van der Waals surface area contributed by atoms with Gasteiger partial charge in [-0.3, -0.25) is 4.57 Å². The summed E-state index contributed by atoms with van der Waals surface area (Å²) in [5.74, 6) is 0.766. The summed E-state index contributed by atoms with van der Waals surface area (Å²) in [5, 5.41) is 0.135. The second kappa shape index (κ2) is 9.90. The topological polar surface area (TPSA) is 76.0 Å². The van der Waals surface area contributed by atoms with Crippen LogP contribution in [0.25, 0.3) is 0 Å². The SMILES string of the molecule is Cc1cc(CP(=O)(O)O)c(C(C)(C)CCO[Si](C)(C)C(C)(C)C)c(O[Si](C)(C)C(C)(C)C)c1. The number of aryl methyl sites for hydroxylation is 1. The van der Waals surface area contributed by atoms with E-state index in [2.05, 4.69) is 81.6 Å². The fourth-order valence-electron chi connectivity index (χ4n) is 3.35. The first-order valence-electron chi connectivity index (χ1n) is 11.9. The molecule has 1 aromatic carbocycles. The summed E-state index contributed by atoms with van der Waals surface area (Å²) in [7, 11) is -8.31. The van der Waals surface area contributed by atoms with Crippen molar-refractivity contribution in [3.05, 3.63) is 28.8 Å². The minimum Gasteiger partial charge on any atom is -0.543 e. The molecule has 0 fully saturated rings. The average molecular weight is 517 g/mol. The lowest BCUT2D eigenvalue weighted by atomic mass is 9.78. The molecule has 0 bridgehead atoms. The summed E-state index contributed by atoms with van der Waals surface area (Å²) in [6.45, 7) is 29.0. The van der Waals surface area contributed by atoms with Gasteiger partial charge in [0.15, 0.2) is 8.32 Å². The van der Waals surface area contributed by atoms with Gasteiger partial charge in [-0.15, -0.1) is 0 Å². The molecule has 33 heavy (non-hydrogen) atoms. The third kappa shape index (κ3) is 8.33. The van der Waals surface area contributed by atoms with Crippen molar-refractivity contribution in [3.8, 4) is 5.75 Å². The molecule has 0 aliphatic rings. The van der Waals surface area contributed by atoms with Crippen molar-refractivity contribution in [2.24, 2.45) is 0 Å². The molecule has 5 nitrogen and oxygen atoms in total. The van der Waals surface area contributed by atoms with Crippen LogP contribution in [0.3, 0.4) is 0 Å². The van der Waals surface area contributed by atoms with Gasteiger partial charge in [-0.1, -0.05) is 61.5 Å². The van der Waals surface area contributed by atoms with Crippen LogP contribution in [0, 0.1) is 6.92 Å². The molecule has 0 amide bonds. The van der Waals surface area contributed by atoms with E-state index in [9.17, 15) is 14.4 Å². The largest absolute Gasteiger partial charge is 0.543 e. The third-order valence-corrected chi connectivity index (χ3v) is 17.2. The lowest BCUT2D eigenvalue weighted by molar-refractivity contribution is 0.249. The number of hydrogen-bond donors (Lipinski definition) is 2. The van der Waals surface area contributed by atoms with Crippen molar-refractivity contribution in [2.45, 2.75) is 117 Å². The zero-order chi connectivity index (χ0) is 26.3. The zero-order valence-electron chi connectivity index (χ0n) is 23.3. The maximum Gasteiger partial charge on any atom is 0.329 e. The number of hydrogen-bond acceptors (Lipinski definition) is 3. The quantitative estimate of drug-likeness (QED) is 0.259. The molecule has 192 valence electrons.